The Morgan fingerprint density at radius 2 is 1.95 bits per heavy atom. The summed E-state index contributed by atoms with van der Waals surface area (Å²) in [5.74, 6) is 0.763. The van der Waals surface area contributed by atoms with Gasteiger partial charge in [0.15, 0.2) is 6.61 Å². The molecule has 11 nitrogen and oxygen atoms in total. The fourth-order valence-electron chi connectivity index (χ4n) is 5.36. The van der Waals surface area contributed by atoms with E-state index in [4.69, 9.17) is 4.74 Å². The fourth-order valence-corrected chi connectivity index (χ4v) is 8.76. The van der Waals surface area contributed by atoms with Gasteiger partial charge in [-0.05, 0) is 38.8 Å². The highest BCUT2D eigenvalue weighted by molar-refractivity contribution is 8.25. The number of halogens is 3. The number of pyridine rings is 1. The number of thiazole rings is 1. The average molecular weight is 644 g/mol. The molecule has 17 heteroatoms. The summed E-state index contributed by atoms with van der Waals surface area (Å²) in [5, 5.41) is 3.61. The third kappa shape index (κ3) is 5.10. The van der Waals surface area contributed by atoms with Crippen LogP contribution in [0.3, 0.4) is 0 Å². The van der Waals surface area contributed by atoms with Crippen LogP contribution in [0.2, 0.25) is 0 Å². The molecule has 0 spiro atoms. The minimum absolute atomic E-state index is 0.120. The Kier molecular flexibility index (Phi) is 7.36. The van der Waals surface area contributed by atoms with Gasteiger partial charge in [0.2, 0.25) is 9.97 Å². The van der Waals surface area contributed by atoms with Crippen LogP contribution in [0.4, 0.5) is 19.0 Å². The second-order valence-electron chi connectivity index (χ2n) is 10.0. The SMILES string of the molecule is CCc1nc(N2CCCS2(O)O)ccc1OCC(=O)N1CCc2nc3sc(C(F)(F)F)nn3c2C1c1sc(C)nc1C. The summed E-state index contributed by atoms with van der Waals surface area (Å²) in [4.78, 5) is 29.7. The molecule has 226 valence electrons. The predicted molar refractivity (Wildman–Crippen MR) is 154 cm³/mol. The van der Waals surface area contributed by atoms with E-state index in [1.54, 1.807) is 17.0 Å². The van der Waals surface area contributed by atoms with E-state index >= 15 is 0 Å². The number of alkyl halides is 3. The summed E-state index contributed by atoms with van der Waals surface area (Å²) in [5.41, 5.74) is 2.27. The second kappa shape index (κ2) is 10.6. The molecule has 2 aliphatic rings. The first kappa shape index (κ1) is 29.1. The molecule has 1 amide bonds. The number of nitrogens with zero attached hydrogens (tertiary/aromatic N) is 7. The second-order valence-corrected chi connectivity index (χ2v) is 14.3. The number of carbonyl (C=O) groups excluding carboxylic acids is 1. The standard InChI is InChI=1S/C25H28F3N7O4S3/c1-4-15-17(6-7-18(30-15)34-9-5-11-42(34,37)38)39-12-19(36)33-10-8-16-20(21(33)22-13(2)29-14(3)40-22)35-24(31-16)41-23(32-35)25(26,27)28/h6-7,21,37-38H,4-5,8-12H2,1-3H3. The topological polar surface area (TPSA) is 129 Å². The van der Waals surface area contributed by atoms with Gasteiger partial charge in [-0.3, -0.25) is 18.2 Å². The van der Waals surface area contributed by atoms with Crippen molar-refractivity contribution in [3.63, 3.8) is 0 Å². The van der Waals surface area contributed by atoms with E-state index in [0.29, 0.717) is 77.2 Å². The molecular formula is C25H28F3N7O4S3. The normalized spacial score (nSPS) is 19.4. The Morgan fingerprint density at radius 3 is 2.60 bits per heavy atom. The van der Waals surface area contributed by atoms with E-state index in [2.05, 4.69) is 20.1 Å². The van der Waals surface area contributed by atoms with E-state index in [-0.39, 0.29) is 24.0 Å². The number of ether oxygens (including phenoxy) is 1. The van der Waals surface area contributed by atoms with Crippen molar-refractivity contribution in [1.82, 2.24) is 29.5 Å². The number of hydrogen-bond acceptors (Lipinski definition) is 11. The van der Waals surface area contributed by atoms with Gasteiger partial charge in [-0.2, -0.15) is 13.2 Å². The van der Waals surface area contributed by atoms with Gasteiger partial charge in [0.1, 0.15) is 17.6 Å². The summed E-state index contributed by atoms with van der Waals surface area (Å²) in [7, 11) is -2.90. The van der Waals surface area contributed by atoms with Crippen molar-refractivity contribution in [2.45, 2.75) is 52.3 Å². The molecule has 4 aromatic heterocycles. The molecule has 0 aromatic carbocycles. The summed E-state index contributed by atoms with van der Waals surface area (Å²) in [6.45, 7) is 5.97. The minimum atomic E-state index is -4.62. The first-order chi connectivity index (χ1) is 19.9. The van der Waals surface area contributed by atoms with E-state index in [0.717, 1.165) is 9.88 Å². The number of hydrogen-bond donors (Lipinski definition) is 2. The van der Waals surface area contributed by atoms with Crippen LogP contribution in [0.1, 0.15) is 57.1 Å². The van der Waals surface area contributed by atoms with Crippen LogP contribution >= 0.6 is 33.4 Å². The van der Waals surface area contributed by atoms with E-state index in [1.165, 1.54) is 20.2 Å². The predicted octanol–water partition coefficient (Wildman–Crippen LogP) is 5.27. The maximum absolute atomic E-state index is 13.7. The third-order valence-electron chi connectivity index (χ3n) is 7.22. The number of rotatable bonds is 6. The zero-order chi connectivity index (χ0) is 30.0. The highest BCUT2D eigenvalue weighted by atomic mass is 32.3. The maximum atomic E-state index is 13.7. The number of anilines is 1. The highest BCUT2D eigenvalue weighted by Gasteiger charge is 2.41. The number of fused-ring (bicyclic) bond motifs is 3. The lowest BCUT2D eigenvalue weighted by Crippen LogP contribution is -2.43. The Hall–Kier alpha value is -2.99. The van der Waals surface area contributed by atoms with Crippen LogP contribution in [0, 0.1) is 13.8 Å². The zero-order valence-electron chi connectivity index (χ0n) is 22.9. The molecular weight excluding hydrogens is 616 g/mol. The molecule has 1 fully saturated rings. The van der Waals surface area contributed by atoms with Gasteiger partial charge in [-0.25, -0.2) is 19.5 Å². The first-order valence-corrected chi connectivity index (χ1v) is 16.5. The van der Waals surface area contributed by atoms with Crippen molar-refractivity contribution >= 4 is 50.1 Å². The van der Waals surface area contributed by atoms with Crippen LogP contribution in [-0.4, -0.2) is 69.9 Å². The van der Waals surface area contributed by atoms with Crippen LogP contribution in [-0.2, 0) is 23.8 Å². The number of carbonyl (C=O) groups is 1. The molecule has 1 saturated heterocycles. The molecule has 0 bridgehead atoms. The lowest BCUT2D eigenvalue weighted by Gasteiger charge is -2.37. The quantitative estimate of drug-likeness (QED) is 0.289. The highest BCUT2D eigenvalue weighted by Crippen LogP contribution is 2.50. The fraction of sp³-hybridized carbons (Fsp3) is 0.480. The third-order valence-corrected chi connectivity index (χ3v) is 11.2. The van der Waals surface area contributed by atoms with Crippen LogP contribution in [0.25, 0.3) is 4.96 Å². The van der Waals surface area contributed by atoms with E-state index in [1.807, 2.05) is 20.8 Å². The van der Waals surface area contributed by atoms with Crippen molar-refractivity contribution in [1.29, 1.82) is 0 Å². The minimum Gasteiger partial charge on any atom is -0.482 e. The van der Waals surface area contributed by atoms with E-state index < -0.39 is 28.0 Å². The smallest absolute Gasteiger partial charge is 0.445 e. The lowest BCUT2D eigenvalue weighted by atomic mass is 10.00. The van der Waals surface area contributed by atoms with Gasteiger partial charge in [0, 0.05) is 19.5 Å². The molecule has 0 aliphatic carbocycles. The van der Waals surface area contributed by atoms with Crippen LogP contribution < -0.4 is 9.04 Å². The van der Waals surface area contributed by atoms with Crippen molar-refractivity contribution in [2.24, 2.45) is 0 Å². The molecule has 6 heterocycles. The zero-order valence-corrected chi connectivity index (χ0v) is 25.3. The largest absolute Gasteiger partial charge is 0.482 e. The first-order valence-electron chi connectivity index (χ1n) is 13.2. The summed E-state index contributed by atoms with van der Waals surface area (Å²) in [6.07, 6.45) is -3.13. The number of aromatic nitrogens is 5. The number of aryl methyl sites for hydroxylation is 3. The van der Waals surface area contributed by atoms with Crippen molar-refractivity contribution in [3.8, 4) is 5.75 Å². The monoisotopic (exact) mass is 643 g/mol. The number of imidazole rings is 1. The van der Waals surface area contributed by atoms with E-state index in [9.17, 15) is 27.1 Å². The maximum Gasteiger partial charge on any atom is 0.445 e. The van der Waals surface area contributed by atoms with Crippen molar-refractivity contribution in [3.05, 3.63) is 49.8 Å². The van der Waals surface area contributed by atoms with Gasteiger partial charge < -0.3 is 9.64 Å². The number of amides is 1. The van der Waals surface area contributed by atoms with Gasteiger partial charge in [-0.15, -0.1) is 27.2 Å². The summed E-state index contributed by atoms with van der Waals surface area (Å²) < 4.78 is 69.8. The van der Waals surface area contributed by atoms with Gasteiger partial charge in [-0.1, -0.05) is 18.3 Å². The lowest BCUT2D eigenvalue weighted by molar-refractivity contribution is -0.138. The summed E-state index contributed by atoms with van der Waals surface area (Å²) >= 11 is 1.85. The van der Waals surface area contributed by atoms with Gasteiger partial charge in [0.05, 0.1) is 38.4 Å². The van der Waals surface area contributed by atoms with Crippen LogP contribution in [0.15, 0.2) is 12.1 Å². The molecule has 4 aromatic rings. The Labute approximate surface area is 248 Å². The average Bonchev–Trinajstić information content (AvgIpc) is 3.68. The van der Waals surface area contributed by atoms with Gasteiger partial charge >= 0.3 is 6.18 Å². The molecule has 2 N–H and O–H groups in total. The molecule has 0 radical (unpaired) electrons. The summed E-state index contributed by atoms with van der Waals surface area (Å²) in [6, 6.07) is 2.57. The molecule has 0 saturated carbocycles. The molecule has 6 rings (SSSR count). The molecule has 1 atom stereocenters. The Balaban J connectivity index is 1.30. The molecule has 42 heavy (non-hydrogen) atoms. The van der Waals surface area contributed by atoms with Gasteiger partial charge in [0.25, 0.3) is 5.91 Å². The molecule has 1 unspecified atom stereocenters. The van der Waals surface area contributed by atoms with Crippen molar-refractivity contribution < 1.29 is 31.8 Å². The molecule has 2 aliphatic heterocycles. The Morgan fingerprint density at radius 1 is 1.17 bits per heavy atom. The van der Waals surface area contributed by atoms with Crippen molar-refractivity contribution in [2.75, 3.05) is 29.8 Å². The Bertz CT molecular complexity index is 1670. The van der Waals surface area contributed by atoms with Crippen LogP contribution in [0.5, 0.6) is 5.75 Å².